The summed E-state index contributed by atoms with van der Waals surface area (Å²) in [6.45, 7) is 6.21. The molecule has 0 saturated carbocycles. The molecule has 2 unspecified atom stereocenters. The summed E-state index contributed by atoms with van der Waals surface area (Å²) in [6, 6.07) is 4.97. The smallest absolute Gasteiger partial charge is 0.306 e. The lowest BCUT2D eigenvalue weighted by molar-refractivity contribution is -0.144. The van der Waals surface area contributed by atoms with Crippen LogP contribution in [0.4, 0.5) is 0 Å². The van der Waals surface area contributed by atoms with Crippen LogP contribution in [0.15, 0.2) is 23.1 Å². The van der Waals surface area contributed by atoms with Gasteiger partial charge in [-0.1, -0.05) is 6.92 Å². The average molecular weight is 353 g/mol. The summed E-state index contributed by atoms with van der Waals surface area (Å²) in [4.78, 5) is 11.5. The number of carbonyl (C=O) groups is 1. The molecule has 132 valence electrons. The van der Waals surface area contributed by atoms with Gasteiger partial charge in [-0.25, -0.2) is 8.42 Å². The van der Waals surface area contributed by atoms with Gasteiger partial charge in [-0.15, -0.1) is 0 Å². The highest BCUT2D eigenvalue weighted by atomic mass is 32.2. The molecule has 0 radical (unpaired) electrons. The second kappa shape index (κ2) is 5.74. The van der Waals surface area contributed by atoms with E-state index in [4.69, 9.17) is 4.74 Å². The number of benzene rings is 1. The number of nitrogens with zero attached hydrogens (tertiary/aromatic N) is 1. The molecular formula is C17H23NO5S. The molecule has 7 heteroatoms. The highest BCUT2D eigenvalue weighted by Gasteiger charge is 2.37. The second-order valence-corrected chi connectivity index (χ2v) is 9.32. The fourth-order valence-electron chi connectivity index (χ4n) is 3.59. The van der Waals surface area contributed by atoms with Gasteiger partial charge < -0.3 is 9.84 Å². The summed E-state index contributed by atoms with van der Waals surface area (Å²) >= 11 is 0. The van der Waals surface area contributed by atoms with Gasteiger partial charge in [-0.2, -0.15) is 4.31 Å². The van der Waals surface area contributed by atoms with E-state index in [-0.39, 0.29) is 29.5 Å². The summed E-state index contributed by atoms with van der Waals surface area (Å²) in [7, 11) is -3.62. The van der Waals surface area contributed by atoms with Crippen molar-refractivity contribution in [3.63, 3.8) is 0 Å². The zero-order chi connectivity index (χ0) is 17.7. The van der Waals surface area contributed by atoms with Gasteiger partial charge in [0.2, 0.25) is 10.0 Å². The molecule has 2 aliphatic rings. The number of hydrogen-bond acceptors (Lipinski definition) is 4. The molecule has 1 N–H and O–H groups in total. The van der Waals surface area contributed by atoms with Gasteiger partial charge in [-0.05, 0) is 49.9 Å². The first kappa shape index (κ1) is 17.2. The predicted octanol–water partition coefficient (Wildman–Crippen LogP) is 2.13. The topological polar surface area (TPSA) is 83.9 Å². The van der Waals surface area contributed by atoms with Crippen LogP contribution in [0.25, 0.3) is 0 Å². The lowest BCUT2D eigenvalue weighted by Gasteiger charge is -2.34. The van der Waals surface area contributed by atoms with Crippen LogP contribution >= 0.6 is 0 Å². The number of carboxylic acids is 1. The number of aliphatic carboxylic acids is 1. The molecule has 1 saturated heterocycles. The van der Waals surface area contributed by atoms with Crippen LogP contribution in [0, 0.1) is 11.8 Å². The quantitative estimate of drug-likeness (QED) is 0.900. The Balaban J connectivity index is 1.84. The van der Waals surface area contributed by atoms with Gasteiger partial charge in [-0.3, -0.25) is 4.79 Å². The van der Waals surface area contributed by atoms with E-state index in [9.17, 15) is 18.3 Å². The summed E-state index contributed by atoms with van der Waals surface area (Å²) in [5, 5.41) is 9.19. The van der Waals surface area contributed by atoms with Crippen molar-refractivity contribution < 1.29 is 23.1 Å². The highest BCUT2D eigenvalue weighted by Crippen LogP contribution is 2.37. The maximum absolute atomic E-state index is 12.9. The summed E-state index contributed by atoms with van der Waals surface area (Å²) in [5.74, 6) is -0.804. The Morgan fingerprint density at radius 3 is 2.71 bits per heavy atom. The molecule has 6 nitrogen and oxygen atoms in total. The van der Waals surface area contributed by atoms with Crippen LogP contribution in [0.1, 0.15) is 32.8 Å². The van der Waals surface area contributed by atoms with Crippen molar-refractivity contribution in [1.29, 1.82) is 0 Å². The maximum Gasteiger partial charge on any atom is 0.306 e. The minimum absolute atomic E-state index is 0.206. The lowest BCUT2D eigenvalue weighted by Crippen LogP contribution is -2.44. The monoisotopic (exact) mass is 353 g/mol. The number of carboxylic acid groups (broad SMARTS) is 1. The van der Waals surface area contributed by atoms with Gasteiger partial charge in [0.15, 0.2) is 0 Å². The van der Waals surface area contributed by atoms with Crippen molar-refractivity contribution in [3.8, 4) is 5.75 Å². The van der Waals surface area contributed by atoms with Crippen LogP contribution in [0.5, 0.6) is 5.75 Å². The van der Waals surface area contributed by atoms with Crippen molar-refractivity contribution >= 4 is 16.0 Å². The van der Waals surface area contributed by atoms with Crippen molar-refractivity contribution in [2.75, 3.05) is 13.1 Å². The van der Waals surface area contributed by atoms with Gasteiger partial charge in [0, 0.05) is 19.5 Å². The largest absolute Gasteiger partial charge is 0.487 e. The zero-order valence-electron chi connectivity index (χ0n) is 14.2. The molecule has 0 bridgehead atoms. The van der Waals surface area contributed by atoms with E-state index in [0.717, 1.165) is 11.3 Å². The third-order valence-corrected chi connectivity index (χ3v) is 6.72. The van der Waals surface area contributed by atoms with Crippen molar-refractivity contribution in [2.24, 2.45) is 11.8 Å². The Kier molecular flexibility index (Phi) is 4.12. The Labute approximate surface area is 142 Å². The minimum Gasteiger partial charge on any atom is -0.487 e. The Bertz CT molecular complexity index is 771. The molecule has 2 heterocycles. The molecule has 0 spiro atoms. The zero-order valence-corrected chi connectivity index (χ0v) is 15.0. The molecule has 0 amide bonds. The number of hydrogen-bond donors (Lipinski definition) is 1. The second-order valence-electron chi connectivity index (χ2n) is 7.38. The predicted molar refractivity (Wildman–Crippen MR) is 88.5 cm³/mol. The first-order valence-electron chi connectivity index (χ1n) is 8.15. The lowest BCUT2D eigenvalue weighted by atomic mass is 9.88. The van der Waals surface area contributed by atoms with E-state index < -0.39 is 21.9 Å². The van der Waals surface area contributed by atoms with Crippen LogP contribution < -0.4 is 4.74 Å². The molecule has 0 aromatic heterocycles. The van der Waals surface area contributed by atoms with E-state index in [2.05, 4.69) is 0 Å². The normalized spacial score (nSPS) is 26.6. The van der Waals surface area contributed by atoms with Crippen LogP contribution in [-0.2, 0) is 21.2 Å². The highest BCUT2D eigenvalue weighted by molar-refractivity contribution is 7.89. The summed E-state index contributed by atoms with van der Waals surface area (Å²) in [5.41, 5.74) is 0.577. The fraction of sp³-hybridized carbons (Fsp3) is 0.588. The van der Waals surface area contributed by atoms with Gasteiger partial charge in [0.1, 0.15) is 11.4 Å². The maximum atomic E-state index is 12.9. The van der Waals surface area contributed by atoms with Crippen LogP contribution in [0.3, 0.4) is 0 Å². The Hall–Kier alpha value is -1.60. The van der Waals surface area contributed by atoms with Gasteiger partial charge in [0.25, 0.3) is 0 Å². The SMILES string of the molecule is CC1CN(S(=O)(=O)c2ccc3c(c2)CC(C)(C)O3)CCC1C(=O)O. The first-order chi connectivity index (χ1) is 11.1. The fourth-order valence-corrected chi connectivity index (χ4v) is 5.19. The van der Waals surface area contributed by atoms with E-state index >= 15 is 0 Å². The summed E-state index contributed by atoms with van der Waals surface area (Å²) in [6.07, 6.45) is 1.01. The molecule has 1 aromatic carbocycles. The van der Waals surface area contributed by atoms with Crippen molar-refractivity contribution in [2.45, 2.75) is 44.1 Å². The van der Waals surface area contributed by atoms with Crippen molar-refractivity contribution in [3.05, 3.63) is 23.8 Å². The molecule has 2 atom stereocenters. The van der Waals surface area contributed by atoms with Crippen molar-refractivity contribution in [1.82, 2.24) is 4.31 Å². The molecule has 1 fully saturated rings. The van der Waals surface area contributed by atoms with E-state index in [1.54, 1.807) is 25.1 Å². The molecule has 3 rings (SSSR count). The molecular weight excluding hydrogens is 330 g/mol. The molecule has 0 aliphatic carbocycles. The number of piperidine rings is 1. The Morgan fingerprint density at radius 1 is 1.38 bits per heavy atom. The minimum atomic E-state index is -3.62. The number of sulfonamides is 1. The molecule has 2 aliphatic heterocycles. The van der Waals surface area contributed by atoms with Crippen LogP contribution in [-0.4, -0.2) is 42.5 Å². The van der Waals surface area contributed by atoms with E-state index in [1.165, 1.54) is 4.31 Å². The number of ether oxygens (including phenoxy) is 1. The standard InChI is InChI=1S/C17H23NO5S/c1-11-10-18(7-6-14(11)16(19)20)24(21,22)13-4-5-15-12(8-13)9-17(2,3)23-15/h4-5,8,11,14H,6-7,9-10H2,1-3H3,(H,19,20). The Morgan fingerprint density at radius 2 is 2.08 bits per heavy atom. The van der Waals surface area contributed by atoms with E-state index in [0.29, 0.717) is 12.8 Å². The van der Waals surface area contributed by atoms with Crippen LogP contribution in [0.2, 0.25) is 0 Å². The average Bonchev–Trinajstić information content (AvgIpc) is 2.79. The molecule has 24 heavy (non-hydrogen) atoms. The van der Waals surface area contributed by atoms with Gasteiger partial charge >= 0.3 is 5.97 Å². The molecule has 1 aromatic rings. The van der Waals surface area contributed by atoms with Gasteiger partial charge in [0.05, 0.1) is 10.8 Å². The first-order valence-corrected chi connectivity index (χ1v) is 9.59. The third-order valence-electron chi connectivity index (χ3n) is 4.86. The number of rotatable bonds is 3. The number of fused-ring (bicyclic) bond motifs is 1. The van der Waals surface area contributed by atoms with E-state index in [1.807, 2.05) is 13.8 Å². The third kappa shape index (κ3) is 3.02. The summed E-state index contributed by atoms with van der Waals surface area (Å²) < 4.78 is 33.0.